The van der Waals surface area contributed by atoms with E-state index >= 15 is 0 Å². The van der Waals surface area contributed by atoms with Crippen LogP contribution in [-0.2, 0) is 14.3 Å². The number of ether oxygens (including phenoxy) is 2. The number of amides is 1. The Morgan fingerprint density at radius 2 is 1.64 bits per heavy atom. The van der Waals surface area contributed by atoms with Crippen molar-refractivity contribution < 1.29 is 24.2 Å². The smallest absolute Gasteiger partial charge is 0.326 e. The Kier molecular flexibility index (Phi) is 6.58. The number of hydrogen-bond acceptors (Lipinski definition) is 4. The fourth-order valence-corrected chi connectivity index (χ4v) is 4.98. The monoisotopic (exact) mass is 467 g/mol. The van der Waals surface area contributed by atoms with Crippen LogP contribution in [0, 0.1) is 0 Å². The molecule has 4 rings (SSSR count). The summed E-state index contributed by atoms with van der Waals surface area (Å²) in [6.45, 7) is 0. The number of nitrogens with zero attached hydrogens (tertiary/aromatic N) is 1. The highest BCUT2D eigenvalue weighted by molar-refractivity contribution is 6.31. The van der Waals surface area contributed by atoms with E-state index in [0.29, 0.717) is 17.9 Å². The molecule has 1 amide bonds. The topological polar surface area (TPSA) is 76.1 Å². The van der Waals surface area contributed by atoms with Gasteiger partial charge in [-0.1, -0.05) is 60.2 Å². The molecule has 2 aliphatic rings. The Balaban J connectivity index is 1.68. The number of carboxylic acid groups (broad SMARTS) is 1. The van der Waals surface area contributed by atoms with E-state index < -0.39 is 29.6 Å². The highest BCUT2D eigenvalue weighted by Crippen LogP contribution is 2.42. The zero-order valence-electron chi connectivity index (χ0n) is 18.5. The van der Waals surface area contributed by atoms with Crippen molar-refractivity contribution in [2.45, 2.75) is 36.4 Å². The van der Waals surface area contributed by atoms with Crippen LogP contribution in [0.2, 0.25) is 5.02 Å². The maximum atomic E-state index is 13.9. The number of carbonyl (C=O) groups is 2. The lowest BCUT2D eigenvalue weighted by atomic mass is 9.86. The number of hydrogen-bond donors (Lipinski definition) is 1. The Labute approximate surface area is 198 Å². The first kappa shape index (κ1) is 23.1. The number of methoxy groups -OCH3 is 2. The van der Waals surface area contributed by atoms with Gasteiger partial charge in [-0.05, 0) is 42.7 Å². The number of carboxylic acids is 1. The van der Waals surface area contributed by atoms with E-state index in [1.807, 2.05) is 54.6 Å². The summed E-state index contributed by atoms with van der Waals surface area (Å²) in [6.07, 6.45) is 8.02. The van der Waals surface area contributed by atoms with Crippen molar-refractivity contribution in [1.29, 1.82) is 0 Å². The highest BCUT2D eigenvalue weighted by atomic mass is 35.5. The number of rotatable bonds is 6. The SMILES string of the molecule is COc1ccccc1C1C=CC(OC)(C(=O)N2[C@@H](c3ccccc3Cl)CC[C@H]2C(=O)O)C=C1. The third-order valence-electron chi connectivity index (χ3n) is 6.44. The first-order valence-electron chi connectivity index (χ1n) is 10.8. The molecular weight excluding hydrogens is 442 g/mol. The number of likely N-dealkylation sites (tertiary alicyclic amines) is 1. The molecule has 7 heteroatoms. The molecule has 0 unspecified atom stereocenters. The van der Waals surface area contributed by atoms with Crippen LogP contribution in [0.3, 0.4) is 0 Å². The molecule has 33 heavy (non-hydrogen) atoms. The van der Waals surface area contributed by atoms with E-state index in [9.17, 15) is 14.7 Å². The number of carbonyl (C=O) groups excluding carboxylic acids is 1. The van der Waals surface area contributed by atoms with E-state index in [0.717, 1.165) is 16.9 Å². The van der Waals surface area contributed by atoms with E-state index in [-0.39, 0.29) is 5.92 Å². The standard InChI is InChI=1S/C26H26ClNO5/c1-32-23-10-6-4-7-18(23)17-13-15-26(33-2,16-14-17)25(31)28-21(11-12-22(28)24(29)30)19-8-3-5-9-20(19)27/h3-10,13-17,21-22H,11-12H2,1-2H3,(H,29,30)/t17?,21-,22+,26?/m1/s1. The summed E-state index contributed by atoms with van der Waals surface area (Å²) in [5, 5.41) is 10.4. The van der Waals surface area contributed by atoms with Gasteiger partial charge in [-0.25, -0.2) is 4.79 Å². The molecule has 1 saturated heterocycles. The fraction of sp³-hybridized carbons (Fsp3) is 0.308. The second-order valence-corrected chi connectivity index (χ2v) is 8.57. The van der Waals surface area contributed by atoms with Crippen LogP contribution in [0.4, 0.5) is 0 Å². The van der Waals surface area contributed by atoms with Gasteiger partial charge < -0.3 is 19.5 Å². The fourth-order valence-electron chi connectivity index (χ4n) is 4.72. The van der Waals surface area contributed by atoms with Crippen LogP contribution in [0.25, 0.3) is 0 Å². The van der Waals surface area contributed by atoms with Crippen molar-refractivity contribution in [3.8, 4) is 5.75 Å². The number of allylic oxidation sites excluding steroid dienone is 2. The second-order valence-electron chi connectivity index (χ2n) is 8.16. The summed E-state index contributed by atoms with van der Waals surface area (Å²) in [4.78, 5) is 27.4. The third-order valence-corrected chi connectivity index (χ3v) is 6.79. The number of aliphatic carboxylic acids is 1. The zero-order valence-corrected chi connectivity index (χ0v) is 19.2. The van der Waals surface area contributed by atoms with Crippen LogP contribution >= 0.6 is 11.6 Å². The summed E-state index contributed by atoms with van der Waals surface area (Å²) in [7, 11) is 3.07. The average Bonchev–Trinajstić information content (AvgIpc) is 3.29. The summed E-state index contributed by atoms with van der Waals surface area (Å²) in [5.74, 6) is -0.826. The normalized spacial score (nSPS) is 26.4. The minimum atomic E-state index is -1.41. The highest BCUT2D eigenvalue weighted by Gasteiger charge is 2.49. The van der Waals surface area contributed by atoms with E-state index in [1.165, 1.54) is 12.0 Å². The summed E-state index contributed by atoms with van der Waals surface area (Å²) >= 11 is 6.41. The molecule has 2 aromatic carbocycles. The Morgan fingerprint density at radius 1 is 1.00 bits per heavy atom. The molecular formula is C26H26ClNO5. The molecule has 6 nitrogen and oxygen atoms in total. The minimum Gasteiger partial charge on any atom is -0.496 e. The average molecular weight is 468 g/mol. The van der Waals surface area contributed by atoms with Crippen molar-refractivity contribution in [3.63, 3.8) is 0 Å². The van der Waals surface area contributed by atoms with Gasteiger partial charge in [0.1, 0.15) is 11.8 Å². The predicted octanol–water partition coefficient (Wildman–Crippen LogP) is 4.76. The predicted molar refractivity (Wildman–Crippen MR) is 125 cm³/mol. The Hall–Kier alpha value is -3.09. The van der Waals surface area contributed by atoms with Gasteiger partial charge in [0.2, 0.25) is 0 Å². The molecule has 1 aliphatic carbocycles. The number of halogens is 1. The molecule has 2 atom stereocenters. The van der Waals surface area contributed by atoms with Gasteiger partial charge >= 0.3 is 5.97 Å². The second kappa shape index (κ2) is 9.41. The maximum Gasteiger partial charge on any atom is 0.326 e. The lowest BCUT2D eigenvalue weighted by molar-refractivity contribution is -0.157. The molecule has 0 saturated carbocycles. The van der Waals surface area contributed by atoms with Crippen molar-refractivity contribution in [3.05, 3.63) is 89.0 Å². The van der Waals surface area contributed by atoms with Crippen molar-refractivity contribution in [2.24, 2.45) is 0 Å². The van der Waals surface area contributed by atoms with Crippen molar-refractivity contribution >= 4 is 23.5 Å². The third kappa shape index (κ3) is 4.16. The van der Waals surface area contributed by atoms with Crippen LogP contribution < -0.4 is 4.74 Å². The Morgan fingerprint density at radius 3 is 2.24 bits per heavy atom. The molecule has 0 bridgehead atoms. The summed E-state index contributed by atoms with van der Waals surface area (Å²) in [5.41, 5.74) is 0.289. The first-order chi connectivity index (χ1) is 15.9. The molecule has 0 radical (unpaired) electrons. The molecule has 1 N–H and O–H groups in total. The van der Waals surface area contributed by atoms with E-state index in [1.54, 1.807) is 25.3 Å². The molecule has 0 aromatic heterocycles. The molecule has 2 aromatic rings. The maximum absolute atomic E-state index is 13.9. The van der Waals surface area contributed by atoms with Gasteiger partial charge in [-0.3, -0.25) is 4.79 Å². The van der Waals surface area contributed by atoms with Crippen LogP contribution in [0.5, 0.6) is 5.75 Å². The van der Waals surface area contributed by atoms with Crippen molar-refractivity contribution in [1.82, 2.24) is 4.90 Å². The van der Waals surface area contributed by atoms with Gasteiger partial charge in [0.15, 0.2) is 5.60 Å². The zero-order chi connectivity index (χ0) is 23.6. The quantitative estimate of drug-likeness (QED) is 0.620. The lowest BCUT2D eigenvalue weighted by Crippen LogP contribution is -2.53. The molecule has 1 fully saturated rings. The van der Waals surface area contributed by atoms with Crippen LogP contribution in [0.15, 0.2) is 72.8 Å². The molecule has 0 spiro atoms. The van der Waals surface area contributed by atoms with E-state index in [4.69, 9.17) is 21.1 Å². The molecule has 1 heterocycles. The van der Waals surface area contributed by atoms with Gasteiger partial charge in [-0.15, -0.1) is 0 Å². The molecule has 172 valence electrons. The van der Waals surface area contributed by atoms with Gasteiger partial charge in [0.25, 0.3) is 5.91 Å². The first-order valence-corrected chi connectivity index (χ1v) is 11.2. The largest absolute Gasteiger partial charge is 0.496 e. The number of para-hydroxylation sites is 1. The van der Waals surface area contributed by atoms with Crippen molar-refractivity contribution in [2.75, 3.05) is 14.2 Å². The number of benzene rings is 2. The van der Waals surface area contributed by atoms with Crippen LogP contribution in [-0.4, -0.2) is 47.7 Å². The van der Waals surface area contributed by atoms with Gasteiger partial charge in [0, 0.05) is 23.6 Å². The van der Waals surface area contributed by atoms with Gasteiger partial charge in [-0.2, -0.15) is 0 Å². The summed E-state index contributed by atoms with van der Waals surface area (Å²) < 4.78 is 11.2. The summed E-state index contributed by atoms with van der Waals surface area (Å²) in [6, 6.07) is 13.5. The molecule has 1 aliphatic heterocycles. The Bertz CT molecular complexity index is 1100. The van der Waals surface area contributed by atoms with Gasteiger partial charge in [0.05, 0.1) is 13.2 Å². The lowest BCUT2D eigenvalue weighted by Gasteiger charge is -2.37. The minimum absolute atomic E-state index is 0.106. The van der Waals surface area contributed by atoms with Crippen LogP contribution in [0.1, 0.15) is 35.9 Å². The van der Waals surface area contributed by atoms with E-state index in [2.05, 4.69) is 0 Å².